The fourth-order valence-electron chi connectivity index (χ4n) is 3.24. The first-order valence-corrected chi connectivity index (χ1v) is 9.25. The zero-order valence-corrected chi connectivity index (χ0v) is 16.1. The van der Waals surface area contributed by atoms with Crippen LogP contribution >= 0.6 is 0 Å². The van der Waals surface area contributed by atoms with Crippen LogP contribution in [0, 0.1) is 5.92 Å². The highest BCUT2D eigenvalue weighted by molar-refractivity contribution is 5.92. The summed E-state index contributed by atoms with van der Waals surface area (Å²) in [4.78, 5) is 28.8. The molecule has 0 aliphatic carbocycles. The second-order valence-corrected chi connectivity index (χ2v) is 7.08. The number of para-hydroxylation sites is 2. The van der Waals surface area contributed by atoms with Gasteiger partial charge in [0.05, 0.1) is 12.8 Å². The molecule has 0 N–H and O–H groups in total. The van der Waals surface area contributed by atoms with Gasteiger partial charge in [-0.25, -0.2) is 4.68 Å². The van der Waals surface area contributed by atoms with Crippen LogP contribution in [0.2, 0.25) is 0 Å². The largest absolute Gasteiger partial charge is 0.495 e. The molecular weight excluding hydrogens is 344 g/mol. The molecule has 1 saturated heterocycles. The van der Waals surface area contributed by atoms with E-state index in [0.29, 0.717) is 25.3 Å². The molecular formula is C20H26N4O3. The number of ether oxygens (including phenoxy) is 1. The van der Waals surface area contributed by atoms with Crippen molar-refractivity contribution in [2.24, 2.45) is 5.92 Å². The lowest BCUT2D eigenvalue weighted by Crippen LogP contribution is -2.49. The van der Waals surface area contributed by atoms with Gasteiger partial charge in [0, 0.05) is 38.8 Å². The van der Waals surface area contributed by atoms with E-state index in [-0.39, 0.29) is 17.4 Å². The molecule has 1 amide bonds. The van der Waals surface area contributed by atoms with Crippen molar-refractivity contribution in [3.63, 3.8) is 0 Å². The Morgan fingerprint density at radius 1 is 1.11 bits per heavy atom. The summed E-state index contributed by atoms with van der Waals surface area (Å²) in [6.45, 7) is 7.17. The van der Waals surface area contributed by atoms with Gasteiger partial charge in [-0.2, -0.15) is 5.10 Å². The molecule has 3 rings (SSSR count). The van der Waals surface area contributed by atoms with Crippen LogP contribution in [0.15, 0.2) is 41.2 Å². The quantitative estimate of drug-likeness (QED) is 0.804. The van der Waals surface area contributed by atoms with E-state index < -0.39 is 0 Å². The second kappa shape index (κ2) is 8.24. The van der Waals surface area contributed by atoms with Gasteiger partial charge < -0.3 is 14.5 Å². The predicted molar refractivity (Wildman–Crippen MR) is 104 cm³/mol. The van der Waals surface area contributed by atoms with Crippen molar-refractivity contribution >= 4 is 11.6 Å². The van der Waals surface area contributed by atoms with Gasteiger partial charge in [0.2, 0.25) is 0 Å². The lowest BCUT2D eigenvalue weighted by molar-refractivity contribution is 0.0737. The van der Waals surface area contributed by atoms with E-state index in [1.807, 2.05) is 38.1 Å². The van der Waals surface area contributed by atoms with Crippen LogP contribution in [0.25, 0.3) is 0 Å². The Bertz CT molecular complexity index is 854. The molecule has 2 heterocycles. The van der Waals surface area contributed by atoms with Gasteiger partial charge >= 0.3 is 0 Å². The molecule has 0 bridgehead atoms. The predicted octanol–water partition coefficient (Wildman–Crippen LogP) is 1.87. The number of piperazine rings is 1. The molecule has 7 heteroatoms. The summed E-state index contributed by atoms with van der Waals surface area (Å²) in [5.74, 6) is 0.983. The van der Waals surface area contributed by atoms with E-state index in [1.54, 1.807) is 12.0 Å². The van der Waals surface area contributed by atoms with E-state index in [1.165, 1.54) is 16.8 Å². The van der Waals surface area contributed by atoms with Gasteiger partial charge in [0.15, 0.2) is 0 Å². The number of rotatable bonds is 5. The van der Waals surface area contributed by atoms with Gasteiger partial charge in [0.25, 0.3) is 11.5 Å². The van der Waals surface area contributed by atoms with Gasteiger partial charge in [-0.1, -0.05) is 26.0 Å². The highest BCUT2D eigenvalue weighted by Crippen LogP contribution is 2.28. The molecule has 1 aromatic carbocycles. The number of nitrogens with zero attached hydrogens (tertiary/aromatic N) is 4. The minimum atomic E-state index is -0.179. The van der Waals surface area contributed by atoms with Crippen molar-refractivity contribution in [1.29, 1.82) is 0 Å². The van der Waals surface area contributed by atoms with Gasteiger partial charge in [-0.05, 0) is 24.1 Å². The molecule has 0 saturated carbocycles. The minimum Gasteiger partial charge on any atom is -0.495 e. The molecule has 2 aromatic rings. The fraction of sp³-hybridized carbons (Fsp3) is 0.450. The molecule has 0 atom stereocenters. The Morgan fingerprint density at radius 2 is 1.81 bits per heavy atom. The van der Waals surface area contributed by atoms with E-state index >= 15 is 0 Å². The first-order chi connectivity index (χ1) is 13.0. The van der Waals surface area contributed by atoms with Crippen LogP contribution in [0.1, 0.15) is 24.3 Å². The van der Waals surface area contributed by atoms with Crippen molar-refractivity contribution in [1.82, 2.24) is 14.7 Å². The third-order valence-electron chi connectivity index (χ3n) is 4.62. The summed E-state index contributed by atoms with van der Waals surface area (Å²) in [5.41, 5.74) is 1.18. The summed E-state index contributed by atoms with van der Waals surface area (Å²) in [6.07, 6.45) is 0. The van der Waals surface area contributed by atoms with E-state index in [2.05, 4.69) is 10.00 Å². The molecule has 1 fully saturated rings. The molecule has 7 nitrogen and oxygen atoms in total. The number of hydrogen-bond donors (Lipinski definition) is 0. The zero-order chi connectivity index (χ0) is 19.4. The summed E-state index contributed by atoms with van der Waals surface area (Å²) in [7, 11) is 1.66. The number of aromatic nitrogens is 2. The van der Waals surface area contributed by atoms with Crippen LogP contribution < -0.4 is 15.2 Å². The third-order valence-corrected chi connectivity index (χ3v) is 4.62. The lowest BCUT2D eigenvalue weighted by atomic mass is 10.2. The standard InChI is InChI=1S/C20H26N4O3/c1-15(2)14-24-19(25)9-8-16(21-24)20(26)23-12-10-22(11-13-23)17-6-4-5-7-18(17)27-3/h4-9,15H,10-14H2,1-3H3. The molecule has 0 spiro atoms. The fourth-order valence-corrected chi connectivity index (χ4v) is 3.24. The second-order valence-electron chi connectivity index (χ2n) is 7.08. The Balaban J connectivity index is 1.69. The number of anilines is 1. The Hall–Kier alpha value is -2.83. The van der Waals surface area contributed by atoms with Gasteiger partial charge in [-0.15, -0.1) is 0 Å². The molecule has 144 valence electrons. The van der Waals surface area contributed by atoms with Crippen LogP contribution in [0.3, 0.4) is 0 Å². The first kappa shape index (κ1) is 18.9. The highest BCUT2D eigenvalue weighted by atomic mass is 16.5. The minimum absolute atomic E-state index is 0.132. The molecule has 1 aliphatic rings. The van der Waals surface area contributed by atoms with Crippen LogP contribution in [-0.2, 0) is 6.54 Å². The smallest absolute Gasteiger partial charge is 0.274 e. The highest BCUT2D eigenvalue weighted by Gasteiger charge is 2.25. The van der Waals surface area contributed by atoms with Crippen molar-refractivity contribution in [3.05, 3.63) is 52.4 Å². The average Bonchev–Trinajstić information content (AvgIpc) is 2.69. The molecule has 0 radical (unpaired) electrons. The molecule has 1 aromatic heterocycles. The van der Waals surface area contributed by atoms with E-state index in [0.717, 1.165) is 24.5 Å². The van der Waals surface area contributed by atoms with Crippen molar-refractivity contribution in [2.75, 3.05) is 38.2 Å². The van der Waals surface area contributed by atoms with Crippen molar-refractivity contribution < 1.29 is 9.53 Å². The molecule has 1 aliphatic heterocycles. The van der Waals surface area contributed by atoms with Crippen LogP contribution in [-0.4, -0.2) is 53.9 Å². The third kappa shape index (κ3) is 4.30. The van der Waals surface area contributed by atoms with Crippen LogP contribution in [0.4, 0.5) is 5.69 Å². The summed E-state index contributed by atoms with van der Waals surface area (Å²) < 4.78 is 6.81. The monoisotopic (exact) mass is 370 g/mol. The Kier molecular flexibility index (Phi) is 5.78. The Morgan fingerprint density at radius 3 is 2.48 bits per heavy atom. The maximum Gasteiger partial charge on any atom is 0.274 e. The summed E-state index contributed by atoms with van der Waals surface area (Å²) in [6, 6.07) is 10.8. The van der Waals surface area contributed by atoms with Gasteiger partial charge in [-0.3, -0.25) is 9.59 Å². The molecule has 27 heavy (non-hydrogen) atoms. The number of benzene rings is 1. The Labute approximate surface area is 159 Å². The number of amides is 1. The van der Waals surface area contributed by atoms with E-state index in [4.69, 9.17) is 4.74 Å². The summed E-state index contributed by atoms with van der Waals surface area (Å²) >= 11 is 0. The zero-order valence-electron chi connectivity index (χ0n) is 16.1. The normalized spacial score (nSPS) is 14.5. The topological polar surface area (TPSA) is 67.7 Å². The van der Waals surface area contributed by atoms with Crippen molar-refractivity contribution in [2.45, 2.75) is 20.4 Å². The maximum atomic E-state index is 12.8. The number of hydrogen-bond acceptors (Lipinski definition) is 5. The van der Waals surface area contributed by atoms with Crippen molar-refractivity contribution in [3.8, 4) is 5.75 Å². The molecule has 0 unspecified atom stereocenters. The van der Waals surface area contributed by atoms with Crippen LogP contribution in [0.5, 0.6) is 5.75 Å². The van der Waals surface area contributed by atoms with Gasteiger partial charge in [0.1, 0.15) is 11.4 Å². The number of carbonyl (C=O) groups excluding carboxylic acids is 1. The average molecular weight is 370 g/mol. The maximum absolute atomic E-state index is 12.8. The lowest BCUT2D eigenvalue weighted by Gasteiger charge is -2.36. The first-order valence-electron chi connectivity index (χ1n) is 9.25. The summed E-state index contributed by atoms with van der Waals surface area (Å²) in [5, 5.41) is 4.27. The number of carbonyl (C=O) groups is 1. The number of methoxy groups -OCH3 is 1. The van der Waals surface area contributed by atoms with E-state index in [9.17, 15) is 9.59 Å². The SMILES string of the molecule is COc1ccccc1N1CCN(C(=O)c2ccc(=O)n(CC(C)C)n2)CC1.